The predicted molar refractivity (Wildman–Crippen MR) is 59.7 cm³/mol. The number of halogens is 1. The van der Waals surface area contributed by atoms with Gasteiger partial charge < -0.3 is 9.84 Å². The number of hydrogen-bond acceptors (Lipinski definition) is 2. The third-order valence-corrected chi connectivity index (χ3v) is 3.58. The molecule has 1 unspecified atom stereocenters. The summed E-state index contributed by atoms with van der Waals surface area (Å²) >= 11 is 0. The molecule has 0 bridgehead atoms. The zero-order valence-corrected chi connectivity index (χ0v) is 9.45. The minimum atomic E-state index is -0.622. The van der Waals surface area contributed by atoms with Gasteiger partial charge in [0.25, 0.3) is 0 Å². The molecule has 0 amide bonds. The highest BCUT2D eigenvalue weighted by molar-refractivity contribution is 5.19. The van der Waals surface area contributed by atoms with E-state index in [1.807, 2.05) is 0 Å². The first-order valence-corrected chi connectivity index (χ1v) is 5.64. The van der Waals surface area contributed by atoms with Crippen molar-refractivity contribution in [3.8, 4) is 0 Å². The van der Waals surface area contributed by atoms with Gasteiger partial charge in [0.2, 0.25) is 0 Å². The van der Waals surface area contributed by atoms with E-state index in [-0.39, 0.29) is 5.82 Å². The van der Waals surface area contributed by atoms with Crippen LogP contribution in [0.5, 0.6) is 0 Å². The van der Waals surface area contributed by atoms with Gasteiger partial charge in [-0.15, -0.1) is 0 Å². The first-order chi connectivity index (χ1) is 7.68. The van der Waals surface area contributed by atoms with Gasteiger partial charge >= 0.3 is 0 Å². The van der Waals surface area contributed by atoms with Crippen LogP contribution in [0, 0.1) is 5.82 Å². The van der Waals surface area contributed by atoms with Crippen molar-refractivity contribution in [3.63, 3.8) is 0 Å². The predicted octanol–water partition coefficient (Wildman–Crippen LogP) is 2.30. The van der Waals surface area contributed by atoms with E-state index >= 15 is 0 Å². The first-order valence-electron chi connectivity index (χ1n) is 5.64. The van der Waals surface area contributed by atoms with Crippen LogP contribution in [0.2, 0.25) is 0 Å². The lowest BCUT2D eigenvalue weighted by molar-refractivity contribution is -0.148. The van der Waals surface area contributed by atoms with Crippen molar-refractivity contribution in [1.29, 1.82) is 0 Å². The lowest BCUT2D eigenvalue weighted by atomic mass is 9.74. The zero-order chi connectivity index (χ0) is 11.6. The number of methoxy groups -OCH3 is 1. The van der Waals surface area contributed by atoms with Crippen molar-refractivity contribution in [2.24, 2.45) is 0 Å². The highest BCUT2D eigenvalue weighted by Crippen LogP contribution is 2.39. The van der Waals surface area contributed by atoms with Crippen LogP contribution in [0.15, 0.2) is 24.3 Å². The van der Waals surface area contributed by atoms with E-state index in [1.54, 1.807) is 25.3 Å². The largest absolute Gasteiger partial charge is 0.390 e. The maximum atomic E-state index is 13.4. The first kappa shape index (κ1) is 11.6. The van der Waals surface area contributed by atoms with Gasteiger partial charge in [-0.25, -0.2) is 4.39 Å². The van der Waals surface area contributed by atoms with Crippen molar-refractivity contribution in [2.45, 2.75) is 37.4 Å². The van der Waals surface area contributed by atoms with Crippen molar-refractivity contribution < 1.29 is 14.2 Å². The van der Waals surface area contributed by atoms with Gasteiger partial charge in [0.15, 0.2) is 0 Å². The second-order valence-electron chi connectivity index (χ2n) is 4.43. The molecule has 16 heavy (non-hydrogen) atoms. The molecule has 0 aliphatic heterocycles. The summed E-state index contributed by atoms with van der Waals surface area (Å²) in [6, 6.07) is 6.56. The van der Waals surface area contributed by atoms with Crippen LogP contribution in [0.3, 0.4) is 0 Å². The molecule has 1 aromatic rings. The van der Waals surface area contributed by atoms with Crippen LogP contribution in [-0.4, -0.2) is 23.9 Å². The van der Waals surface area contributed by atoms with Crippen LogP contribution in [0.25, 0.3) is 0 Å². The third-order valence-electron chi connectivity index (χ3n) is 3.58. The Balaban J connectivity index is 2.07. The number of rotatable bonds is 4. The summed E-state index contributed by atoms with van der Waals surface area (Å²) in [5, 5.41) is 10.1. The molecule has 3 heteroatoms. The summed E-state index contributed by atoms with van der Waals surface area (Å²) in [4.78, 5) is 0. The maximum Gasteiger partial charge on any atom is 0.126 e. The van der Waals surface area contributed by atoms with Gasteiger partial charge in [-0.1, -0.05) is 18.2 Å². The van der Waals surface area contributed by atoms with Crippen molar-refractivity contribution >= 4 is 0 Å². The summed E-state index contributed by atoms with van der Waals surface area (Å²) in [5.74, 6) is -0.257. The maximum absolute atomic E-state index is 13.4. The van der Waals surface area contributed by atoms with E-state index in [0.717, 1.165) is 19.3 Å². The number of hydrogen-bond donors (Lipinski definition) is 1. The average Bonchev–Trinajstić information content (AvgIpc) is 2.21. The topological polar surface area (TPSA) is 29.5 Å². The molecule has 1 atom stereocenters. The molecule has 1 aliphatic rings. The van der Waals surface area contributed by atoms with Crippen molar-refractivity contribution in [1.82, 2.24) is 0 Å². The van der Waals surface area contributed by atoms with E-state index in [0.29, 0.717) is 12.0 Å². The summed E-state index contributed by atoms with van der Waals surface area (Å²) < 4.78 is 18.8. The fourth-order valence-corrected chi connectivity index (χ4v) is 2.26. The van der Waals surface area contributed by atoms with Crippen LogP contribution < -0.4 is 0 Å². The van der Waals surface area contributed by atoms with E-state index in [4.69, 9.17) is 4.74 Å². The molecule has 1 fully saturated rings. The fourth-order valence-electron chi connectivity index (χ4n) is 2.26. The molecule has 0 aromatic heterocycles. The smallest absolute Gasteiger partial charge is 0.126 e. The van der Waals surface area contributed by atoms with Crippen LogP contribution in [-0.2, 0) is 11.2 Å². The Morgan fingerprint density at radius 2 is 2.12 bits per heavy atom. The number of benzene rings is 1. The summed E-state index contributed by atoms with van der Waals surface area (Å²) in [7, 11) is 1.61. The standard InChI is InChI=1S/C13H17FO2/c1-16-13(7-4-8-13)12(15)9-10-5-2-3-6-11(10)14/h2-3,5-6,12,15H,4,7-9H2,1H3. The van der Waals surface area contributed by atoms with Gasteiger partial charge in [0, 0.05) is 13.5 Å². The van der Waals surface area contributed by atoms with E-state index in [2.05, 4.69) is 0 Å². The molecule has 2 nitrogen and oxygen atoms in total. The second-order valence-corrected chi connectivity index (χ2v) is 4.43. The van der Waals surface area contributed by atoms with Crippen LogP contribution >= 0.6 is 0 Å². The Morgan fingerprint density at radius 1 is 1.44 bits per heavy atom. The number of aliphatic hydroxyl groups excluding tert-OH is 1. The summed E-state index contributed by atoms with van der Waals surface area (Å²) in [5.41, 5.74) is 0.112. The van der Waals surface area contributed by atoms with Crippen molar-refractivity contribution in [2.75, 3.05) is 7.11 Å². The van der Waals surface area contributed by atoms with Gasteiger partial charge in [-0.3, -0.25) is 0 Å². The zero-order valence-electron chi connectivity index (χ0n) is 9.45. The van der Waals surface area contributed by atoms with Crippen LogP contribution in [0.4, 0.5) is 4.39 Å². The van der Waals surface area contributed by atoms with Crippen molar-refractivity contribution in [3.05, 3.63) is 35.6 Å². The molecular weight excluding hydrogens is 207 g/mol. The lowest BCUT2D eigenvalue weighted by Crippen LogP contribution is -2.50. The van der Waals surface area contributed by atoms with Gasteiger partial charge in [0.05, 0.1) is 11.7 Å². The number of aliphatic hydroxyl groups is 1. The molecule has 1 saturated carbocycles. The summed E-state index contributed by atoms with van der Waals surface area (Å²) in [6.45, 7) is 0. The van der Waals surface area contributed by atoms with Gasteiger partial charge in [-0.2, -0.15) is 0 Å². The van der Waals surface area contributed by atoms with E-state index in [1.165, 1.54) is 6.07 Å². The fraction of sp³-hybridized carbons (Fsp3) is 0.538. The molecule has 0 radical (unpaired) electrons. The molecule has 0 spiro atoms. The SMILES string of the molecule is COC1(C(O)Cc2ccccc2F)CCC1. The molecule has 2 rings (SSSR count). The molecule has 0 heterocycles. The second kappa shape index (κ2) is 4.52. The molecular formula is C13H17FO2. The van der Waals surface area contributed by atoms with Gasteiger partial charge in [-0.05, 0) is 30.9 Å². The quantitative estimate of drug-likeness (QED) is 0.850. The Labute approximate surface area is 95.1 Å². The molecule has 0 saturated heterocycles. The molecule has 1 aliphatic carbocycles. The third kappa shape index (κ3) is 1.97. The monoisotopic (exact) mass is 224 g/mol. The normalized spacial score (nSPS) is 20.2. The Kier molecular flexibility index (Phi) is 3.26. The minimum absolute atomic E-state index is 0.257. The van der Waals surface area contributed by atoms with E-state index in [9.17, 15) is 9.50 Å². The highest BCUT2D eigenvalue weighted by atomic mass is 19.1. The molecule has 1 N–H and O–H groups in total. The number of ether oxygens (including phenoxy) is 1. The van der Waals surface area contributed by atoms with Crippen LogP contribution in [0.1, 0.15) is 24.8 Å². The molecule has 1 aromatic carbocycles. The van der Waals surface area contributed by atoms with E-state index < -0.39 is 11.7 Å². The Hall–Kier alpha value is -0.930. The lowest BCUT2D eigenvalue weighted by Gasteiger charge is -2.44. The van der Waals surface area contributed by atoms with Gasteiger partial charge in [0.1, 0.15) is 5.82 Å². The minimum Gasteiger partial charge on any atom is -0.390 e. The Morgan fingerprint density at radius 3 is 2.62 bits per heavy atom. The summed E-state index contributed by atoms with van der Waals surface area (Å²) in [6.07, 6.45) is 2.49. The average molecular weight is 224 g/mol. The molecule has 88 valence electrons. The Bertz CT molecular complexity index is 355. The highest BCUT2D eigenvalue weighted by Gasteiger charge is 2.43.